The zero-order chi connectivity index (χ0) is 20.2. The first-order chi connectivity index (χ1) is 13.5. The monoisotopic (exact) mass is 480 g/mol. The molecule has 28 heavy (non-hydrogen) atoms. The summed E-state index contributed by atoms with van der Waals surface area (Å²) in [5.41, 5.74) is 5.24. The van der Waals surface area contributed by atoms with Crippen LogP contribution in [0, 0.1) is 13.8 Å². The van der Waals surface area contributed by atoms with Crippen molar-refractivity contribution < 1.29 is 9.53 Å². The molecule has 0 saturated carbocycles. The van der Waals surface area contributed by atoms with Gasteiger partial charge in [-0.1, -0.05) is 75.6 Å². The molecule has 1 atom stereocenters. The number of thioether (sulfide) groups is 2. The van der Waals surface area contributed by atoms with Crippen molar-refractivity contribution in [2.75, 3.05) is 18.1 Å². The Morgan fingerprint density at radius 2 is 1.39 bits per heavy atom. The van der Waals surface area contributed by atoms with Gasteiger partial charge in [0, 0.05) is 17.3 Å². The Bertz CT molecular complexity index is 702. The van der Waals surface area contributed by atoms with E-state index in [0.717, 1.165) is 35.9 Å². The summed E-state index contributed by atoms with van der Waals surface area (Å²) in [6.07, 6.45) is 1.82. The van der Waals surface area contributed by atoms with Crippen molar-refractivity contribution in [2.45, 2.75) is 43.0 Å². The summed E-state index contributed by atoms with van der Waals surface area (Å²) in [6, 6.07) is 17.2. The second-order valence-corrected chi connectivity index (χ2v) is 10.2. The van der Waals surface area contributed by atoms with E-state index in [0.29, 0.717) is 6.61 Å². The molecule has 0 aliphatic rings. The van der Waals surface area contributed by atoms with E-state index in [9.17, 15) is 4.79 Å². The zero-order valence-electron chi connectivity index (χ0n) is 16.7. The minimum Gasteiger partial charge on any atom is -0.464 e. The number of hydrogen-bond donors (Lipinski definition) is 0. The maximum absolute atomic E-state index is 12.0. The standard InChI is InChI=1S/C23H29BrO2S2/c1-18-5-9-20(10-6-18)16-27-14-3-4-22(24)23(25)26-13-15-28-17-21-11-7-19(2)8-12-21/h5-12,22H,3-4,13-17H2,1-2H3. The SMILES string of the molecule is Cc1ccc(CSCCCC(Br)C(=O)OCCSCc2ccc(C)cc2)cc1. The highest BCUT2D eigenvalue weighted by Gasteiger charge is 2.15. The Balaban J connectivity index is 1.48. The lowest BCUT2D eigenvalue weighted by molar-refractivity contribution is -0.142. The topological polar surface area (TPSA) is 26.3 Å². The third kappa shape index (κ3) is 9.53. The second-order valence-electron chi connectivity index (χ2n) is 6.85. The lowest BCUT2D eigenvalue weighted by Crippen LogP contribution is -2.19. The van der Waals surface area contributed by atoms with Crippen LogP contribution in [0.2, 0.25) is 0 Å². The van der Waals surface area contributed by atoms with E-state index < -0.39 is 0 Å². The average molecular weight is 482 g/mol. The van der Waals surface area contributed by atoms with E-state index in [1.54, 1.807) is 11.8 Å². The number of carbonyl (C=O) groups is 1. The largest absolute Gasteiger partial charge is 0.464 e. The van der Waals surface area contributed by atoms with Crippen LogP contribution in [-0.2, 0) is 21.0 Å². The molecule has 0 aliphatic carbocycles. The fourth-order valence-corrected chi connectivity index (χ4v) is 4.70. The van der Waals surface area contributed by atoms with Crippen LogP contribution in [0.25, 0.3) is 0 Å². The molecule has 152 valence electrons. The Labute approximate surface area is 186 Å². The molecular weight excluding hydrogens is 452 g/mol. The number of ether oxygens (including phenoxy) is 1. The van der Waals surface area contributed by atoms with Crippen molar-refractivity contribution in [3.8, 4) is 0 Å². The lowest BCUT2D eigenvalue weighted by atomic mass is 10.2. The summed E-state index contributed by atoms with van der Waals surface area (Å²) in [4.78, 5) is 11.8. The van der Waals surface area contributed by atoms with Gasteiger partial charge in [-0.3, -0.25) is 4.79 Å². The van der Waals surface area contributed by atoms with Gasteiger partial charge in [0.1, 0.15) is 11.4 Å². The number of rotatable bonds is 12. The summed E-state index contributed by atoms with van der Waals surface area (Å²) >= 11 is 7.18. The van der Waals surface area contributed by atoms with Gasteiger partial charge in [-0.05, 0) is 43.6 Å². The summed E-state index contributed by atoms with van der Waals surface area (Å²) in [6.45, 7) is 4.67. The molecule has 0 spiro atoms. The average Bonchev–Trinajstić information content (AvgIpc) is 2.70. The van der Waals surface area contributed by atoms with Gasteiger partial charge in [0.15, 0.2) is 0 Å². The third-order valence-corrected chi connectivity index (χ3v) is 7.19. The molecule has 0 N–H and O–H groups in total. The highest BCUT2D eigenvalue weighted by molar-refractivity contribution is 9.10. The molecule has 0 amide bonds. The zero-order valence-corrected chi connectivity index (χ0v) is 19.9. The highest BCUT2D eigenvalue weighted by atomic mass is 79.9. The lowest BCUT2D eigenvalue weighted by Gasteiger charge is -2.10. The van der Waals surface area contributed by atoms with E-state index in [-0.39, 0.29) is 10.8 Å². The second kappa shape index (κ2) is 13.3. The summed E-state index contributed by atoms with van der Waals surface area (Å²) in [5.74, 6) is 3.71. The number of halogens is 1. The van der Waals surface area contributed by atoms with Crippen LogP contribution < -0.4 is 0 Å². The van der Waals surface area contributed by atoms with Gasteiger partial charge in [0.2, 0.25) is 0 Å². The van der Waals surface area contributed by atoms with Crippen LogP contribution in [-0.4, -0.2) is 28.9 Å². The molecule has 0 fully saturated rings. The van der Waals surface area contributed by atoms with Crippen LogP contribution >= 0.6 is 39.5 Å². The number of benzene rings is 2. The summed E-state index contributed by atoms with van der Waals surface area (Å²) in [7, 11) is 0. The van der Waals surface area contributed by atoms with Crippen molar-refractivity contribution in [1.29, 1.82) is 0 Å². The van der Waals surface area contributed by atoms with Crippen LogP contribution in [0.15, 0.2) is 48.5 Å². The van der Waals surface area contributed by atoms with E-state index in [2.05, 4.69) is 78.3 Å². The first-order valence-electron chi connectivity index (χ1n) is 9.62. The Kier molecular flexibility index (Phi) is 11.1. The van der Waals surface area contributed by atoms with Crippen molar-refractivity contribution in [3.05, 3.63) is 70.8 Å². The number of esters is 1. The summed E-state index contributed by atoms with van der Waals surface area (Å²) < 4.78 is 5.38. The van der Waals surface area contributed by atoms with Crippen LogP contribution in [0.3, 0.4) is 0 Å². The number of carbonyl (C=O) groups excluding carboxylic acids is 1. The molecule has 0 aromatic heterocycles. The van der Waals surface area contributed by atoms with Crippen molar-refractivity contribution in [1.82, 2.24) is 0 Å². The molecule has 0 radical (unpaired) electrons. The molecule has 1 unspecified atom stereocenters. The summed E-state index contributed by atoms with van der Waals surface area (Å²) in [5, 5.41) is 0. The molecule has 2 aromatic rings. The number of hydrogen-bond acceptors (Lipinski definition) is 4. The first-order valence-corrected chi connectivity index (χ1v) is 12.8. The number of alkyl halides is 1. The van der Waals surface area contributed by atoms with Gasteiger partial charge in [0.05, 0.1) is 0 Å². The Morgan fingerprint density at radius 3 is 1.93 bits per heavy atom. The van der Waals surface area contributed by atoms with Gasteiger partial charge < -0.3 is 4.74 Å². The van der Waals surface area contributed by atoms with E-state index in [1.165, 1.54) is 22.3 Å². The van der Waals surface area contributed by atoms with Gasteiger partial charge >= 0.3 is 5.97 Å². The Morgan fingerprint density at radius 1 is 0.893 bits per heavy atom. The van der Waals surface area contributed by atoms with Crippen molar-refractivity contribution in [3.63, 3.8) is 0 Å². The molecule has 2 aromatic carbocycles. The van der Waals surface area contributed by atoms with Crippen LogP contribution in [0.1, 0.15) is 35.1 Å². The van der Waals surface area contributed by atoms with Gasteiger partial charge in [0.25, 0.3) is 0 Å². The van der Waals surface area contributed by atoms with Crippen LogP contribution in [0.5, 0.6) is 0 Å². The predicted octanol–water partition coefficient (Wildman–Crippen LogP) is 6.56. The molecule has 0 saturated heterocycles. The maximum Gasteiger partial charge on any atom is 0.319 e. The molecular formula is C23H29BrO2S2. The first kappa shape index (κ1) is 23.4. The smallest absolute Gasteiger partial charge is 0.319 e. The number of aryl methyl sites for hydroxylation is 2. The van der Waals surface area contributed by atoms with E-state index in [1.807, 2.05) is 11.8 Å². The van der Waals surface area contributed by atoms with E-state index >= 15 is 0 Å². The van der Waals surface area contributed by atoms with Gasteiger partial charge in [-0.2, -0.15) is 23.5 Å². The normalized spacial score (nSPS) is 12.0. The molecule has 2 nitrogen and oxygen atoms in total. The molecule has 5 heteroatoms. The maximum atomic E-state index is 12.0. The van der Waals surface area contributed by atoms with Crippen LogP contribution in [0.4, 0.5) is 0 Å². The van der Waals surface area contributed by atoms with Crippen molar-refractivity contribution >= 4 is 45.4 Å². The molecule has 0 bridgehead atoms. The van der Waals surface area contributed by atoms with E-state index in [4.69, 9.17) is 4.74 Å². The quantitative estimate of drug-likeness (QED) is 0.195. The van der Waals surface area contributed by atoms with Gasteiger partial charge in [-0.15, -0.1) is 0 Å². The molecule has 2 rings (SSSR count). The predicted molar refractivity (Wildman–Crippen MR) is 128 cm³/mol. The van der Waals surface area contributed by atoms with Crippen molar-refractivity contribution in [2.24, 2.45) is 0 Å². The minimum atomic E-state index is -0.199. The highest BCUT2D eigenvalue weighted by Crippen LogP contribution is 2.18. The molecule has 0 heterocycles. The fraction of sp³-hybridized carbons (Fsp3) is 0.435. The minimum absolute atomic E-state index is 0.139. The fourth-order valence-electron chi connectivity index (χ4n) is 2.52. The Hall–Kier alpha value is -0.910. The van der Waals surface area contributed by atoms with Gasteiger partial charge in [-0.25, -0.2) is 0 Å². The third-order valence-electron chi connectivity index (χ3n) is 4.25. The molecule has 0 aliphatic heterocycles.